The molecule has 0 aliphatic heterocycles. The highest BCUT2D eigenvalue weighted by atomic mass is 16.5. The van der Waals surface area contributed by atoms with Crippen LogP contribution in [0.15, 0.2) is 12.1 Å². The molecule has 96 valence electrons. The first-order chi connectivity index (χ1) is 8.13. The number of ether oxygens (including phenoxy) is 1. The average molecular weight is 237 g/mol. The molecule has 0 bridgehead atoms. The molecule has 0 unspecified atom stereocenters. The molecule has 1 heterocycles. The van der Waals surface area contributed by atoms with E-state index in [-0.39, 0.29) is 0 Å². The largest absolute Gasteiger partial charge is 0.476 e. The van der Waals surface area contributed by atoms with Crippen molar-refractivity contribution >= 4 is 11.5 Å². The van der Waals surface area contributed by atoms with Gasteiger partial charge in [0.25, 0.3) is 0 Å². The van der Waals surface area contributed by atoms with E-state index in [9.17, 15) is 0 Å². The maximum atomic E-state index is 5.81. The molecule has 2 N–H and O–H groups in total. The highest BCUT2D eigenvalue weighted by Crippen LogP contribution is 2.24. The topological polar surface area (TPSA) is 51.4 Å². The second-order valence-electron chi connectivity index (χ2n) is 4.08. The van der Waals surface area contributed by atoms with Crippen molar-refractivity contribution in [2.45, 2.75) is 39.7 Å². The number of nitrogen functional groups attached to an aromatic ring is 1. The second kappa shape index (κ2) is 6.33. The first-order valence-electron chi connectivity index (χ1n) is 6.26. The molecule has 1 rings (SSSR count). The predicted molar refractivity (Wildman–Crippen MR) is 72.6 cm³/mol. The molecule has 0 aromatic carbocycles. The van der Waals surface area contributed by atoms with E-state index >= 15 is 0 Å². The molecular weight excluding hydrogens is 214 g/mol. The number of hydrogen-bond donors (Lipinski definition) is 1. The standard InChI is InChI=1S/C13H23N3O/c1-5-10(6-2)16(4)12-9-8-11(14)13(15-12)17-7-3/h8-10H,5-7,14H2,1-4H3. The maximum Gasteiger partial charge on any atom is 0.239 e. The zero-order valence-corrected chi connectivity index (χ0v) is 11.2. The lowest BCUT2D eigenvalue weighted by molar-refractivity contribution is 0.329. The second-order valence-corrected chi connectivity index (χ2v) is 4.08. The van der Waals surface area contributed by atoms with Crippen LogP contribution in [-0.4, -0.2) is 24.7 Å². The van der Waals surface area contributed by atoms with Crippen molar-refractivity contribution in [1.29, 1.82) is 0 Å². The van der Waals surface area contributed by atoms with Crippen molar-refractivity contribution in [2.24, 2.45) is 0 Å². The average Bonchev–Trinajstić information content (AvgIpc) is 2.33. The lowest BCUT2D eigenvalue weighted by Gasteiger charge is -2.27. The minimum absolute atomic E-state index is 0.501. The monoisotopic (exact) mass is 237 g/mol. The number of rotatable bonds is 6. The van der Waals surface area contributed by atoms with Crippen LogP contribution in [0.5, 0.6) is 5.88 Å². The Hall–Kier alpha value is -1.45. The summed E-state index contributed by atoms with van der Waals surface area (Å²) in [6, 6.07) is 4.29. The number of nitrogens with zero attached hydrogens (tertiary/aromatic N) is 2. The summed E-state index contributed by atoms with van der Waals surface area (Å²) in [6.45, 7) is 6.88. The Kier molecular flexibility index (Phi) is 5.07. The molecule has 1 aromatic heterocycles. The van der Waals surface area contributed by atoms with E-state index in [4.69, 9.17) is 10.5 Å². The summed E-state index contributed by atoms with van der Waals surface area (Å²) in [5, 5.41) is 0. The SMILES string of the molecule is CCOc1nc(N(C)C(CC)CC)ccc1N. The Balaban J connectivity index is 2.94. The molecule has 4 heteroatoms. The number of pyridine rings is 1. The van der Waals surface area contributed by atoms with Crippen molar-refractivity contribution in [2.75, 3.05) is 24.3 Å². The van der Waals surface area contributed by atoms with Crippen LogP contribution in [0, 0.1) is 0 Å². The first kappa shape index (κ1) is 13.6. The Morgan fingerprint density at radius 3 is 2.47 bits per heavy atom. The zero-order chi connectivity index (χ0) is 12.8. The molecule has 1 aromatic rings. The fourth-order valence-electron chi connectivity index (χ4n) is 1.91. The van der Waals surface area contributed by atoms with E-state index in [1.807, 2.05) is 19.1 Å². The van der Waals surface area contributed by atoms with Gasteiger partial charge in [-0.25, -0.2) is 0 Å². The molecule has 0 fully saturated rings. The Morgan fingerprint density at radius 2 is 1.94 bits per heavy atom. The van der Waals surface area contributed by atoms with E-state index < -0.39 is 0 Å². The molecule has 0 radical (unpaired) electrons. The Labute approximate surface area is 104 Å². The van der Waals surface area contributed by atoms with Gasteiger partial charge in [0.15, 0.2) is 0 Å². The fraction of sp³-hybridized carbons (Fsp3) is 0.615. The zero-order valence-electron chi connectivity index (χ0n) is 11.2. The predicted octanol–water partition coefficient (Wildman–Crippen LogP) is 2.69. The first-order valence-corrected chi connectivity index (χ1v) is 6.26. The van der Waals surface area contributed by atoms with E-state index in [0.717, 1.165) is 18.7 Å². The number of nitrogens with two attached hydrogens (primary N) is 1. The summed E-state index contributed by atoms with van der Waals surface area (Å²) in [6.07, 6.45) is 2.20. The van der Waals surface area contributed by atoms with Crippen LogP contribution in [0.3, 0.4) is 0 Å². The van der Waals surface area contributed by atoms with Crippen LogP contribution in [0.2, 0.25) is 0 Å². The summed E-state index contributed by atoms with van der Waals surface area (Å²) in [4.78, 5) is 6.64. The van der Waals surface area contributed by atoms with Gasteiger partial charge in [-0.05, 0) is 31.9 Å². The van der Waals surface area contributed by atoms with Gasteiger partial charge in [-0.15, -0.1) is 0 Å². The third kappa shape index (κ3) is 3.25. The lowest BCUT2D eigenvalue weighted by Crippen LogP contribution is -2.31. The van der Waals surface area contributed by atoms with Crippen LogP contribution < -0.4 is 15.4 Å². The van der Waals surface area contributed by atoms with Gasteiger partial charge < -0.3 is 15.4 Å². The molecule has 0 atom stereocenters. The van der Waals surface area contributed by atoms with Gasteiger partial charge >= 0.3 is 0 Å². The third-order valence-electron chi connectivity index (χ3n) is 3.01. The molecular formula is C13H23N3O. The quantitative estimate of drug-likeness (QED) is 0.826. The van der Waals surface area contributed by atoms with Gasteiger partial charge in [-0.2, -0.15) is 4.98 Å². The van der Waals surface area contributed by atoms with Crippen molar-refractivity contribution < 1.29 is 4.74 Å². The van der Waals surface area contributed by atoms with Gasteiger partial charge in [0.1, 0.15) is 5.82 Å². The minimum Gasteiger partial charge on any atom is -0.476 e. The van der Waals surface area contributed by atoms with E-state index in [1.165, 1.54) is 0 Å². The van der Waals surface area contributed by atoms with Gasteiger partial charge in [0, 0.05) is 13.1 Å². The van der Waals surface area contributed by atoms with Crippen molar-refractivity contribution in [3.8, 4) is 5.88 Å². The minimum atomic E-state index is 0.501. The highest BCUT2D eigenvalue weighted by molar-refractivity contribution is 5.54. The van der Waals surface area contributed by atoms with E-state index in [2.05, 4.69) is 30.8 Å². The van der Waals surface area contributed by atoms with Gasteiger partial charge in [-0.3, -0.25) is 0 Å². The summed E-state index contributed by atoms with van der Waals surface area (Å²) < 4.78 is 5.41. The Bertz CT molecular complexity index is 351. The normalized spacial score (nSPS) is 10.6. The summed E-state index contributed by atoms with van der Waals surface area (Å²) in [7, 11) is 2.06. The molecule has 0 spiro atoms. The van der Waals surface area contributed by atoms with Gasteiger partial charge in [0.05, 0.1) is 12.3 Å². The molecule has 17 heavy (non-hydrogen) atoms. The summed E-state index contributed by atoms with van der Waals surface area (Å²) in [5.74, 6) is 1.44. The number of anilines is 2. The molecule has 0 saturated heterocycles. The highest BCUT2D eigenvalue weighted by Gasteiger charge is 2.14. The van der Waals surface area contributed by atoms with Crippen LogP contribution in [0.25, 0.3) is 0 Å². The fourth-order valence-corrected chi connectivity index (χ4v) is 1.91. The Morgan fingerprint density at radius 1 is 1.29 bits per heavy atom. The lowest BCUT2D eigenvalue weighted by atomic mass is 10.1. The van der Waals surface area contributed by atoms with Crippen molar-refractivity contribution in [3.63, 3.8) is 0 Å². The molecule has 0 aliphatic rings. The van der Waals surface area contributed by atoms with Crippen LogP contribution in [-0.2, 0) is 0 Å². The molecule has 0 amide bonds. The van der Waals surface area contributed by atoms with Crippen molar-refractivity contribution in [3.05, 3.63) is 12.1 Å². The number of hydrogen-bond acceptors (Lipinski definition) is 4. The van der Waals surface area contributed by atoms with E-state index in [0.29, 0.717) is 24.2 Å². The van der Waals surface area contributed by atoms with Gasteiger partial charge in [0.2, 0.25) is 5.88 Å². The molecule has 0 aliphatic carbocycles. The third-order valence-corrected chi connectivity index (χ3v) is 3.01. The summed E-state index contributed by atoms with van der Waals surface area (Å²) >= 11 is 0. The molecule has 0 saturated carbocycles. The van der Waals surface area contributed by atoms with Gasteiger partial charge in [-0.1, -0.05) is 13.8 Å². The van der Waals surface area contributed by atoms with Crippen LogP contribution in [0.1, 0.15) is 33.6 Å². The molecule has 4 nitrogen and oxygen atoms in total. The van der Waals surface area contributed by atoms with E-state index in [1.54, 1.807) is 0 Å². The maximum absolute atomic E-state index is 5.81. The smallest absolute Gasteiger partial charge is 0.239 e. The van der Waals surface area contributed by atoms with Crippen molar-refractivity contribution in [1.82, 2.24) is 4.98 Å². The number of aromatic nitrogens is 1. The summed E-state index contributed by atoms with van der Waals surface area (Å²) in [5.41, 5.74) is 6.40. The van der Waals surface area contributed by atoms with Crippen LogP contribution in [0.4, 0.5) is 11.5 Å². The van der Waals surface area contributed by atoms with Crippen LogP contribution >= 0.6 is 0 Å².